The molecule has 0 aromatic heterocycles. The molecule has 0 saturated heterocycles. The van der Waals surface area contributed by atoms with Gasteiger partial charge in [0.2, 0.25) is 5.91 Å². The highest BCUT2D eigenvalue weighted by atomic mass is 32.2. The number of hydrogen-bond acceptors (Lipinski definition) is 3. The van der Waals surface area contributed by atoms with Crippen LogP contribution in [-0.2, 0) is 4.79 Å². The van der Waals surface area contributed by atoms with Gasteiger partial charge in [-0.25, -0.2) is 0 Å². The fourth-order valence-electron chi connectivity index (χ4n) is 1.75. The highest BCUT2D eigenvalue weighted by molar-refractivity contribution is 8.00. The minimum absolute atomic E-state index is 0.0481. The van der Waals surface area contributed by atoms with Crippen molar-refractivity contribution in [3.05, 3.63) is 60.2 Å². The van der Waals surface area contributed by atoms with Gasteiger partial charge in [0.05, 0.1) is 5.75 Å². The normalized spacial score (nSPS) is 10.1. The first-order valence-electron chi connectivity index (χ1n) is 6.42. The van der Waals surface area contributed by atoms with E-state index in [1.807, 2.05) is 54.6 Å². The highest BCUT2D eigenvalue weighted by Crippen LogP contribution is 2.20. The van der Waals surface area contributed by atoms with E-state index in [1.54, 1.807) is 11.9 Å². The van der Waals surface area contributed by atoms with Crippen molar-refractivity contribution in [2.45, 2.75) is 4.90 Å². The molecule has 2 N–H and O–H groups in total. The molecule has 0 aliphatic rings. The molecule has 2 aromatic carbocycles. The van der Waals surface area contributed by atoms with Crippen molar-refractivity contribution in [2.75, 3.05) is 17.7 Å². The second-order valence-electron chi connectivity index (χ2n) is 4.47. The molecule has 2 rings (SSSR count). The predicted octanol–water partition coefficient (Wildman–Crippen LogP) is 3.08. The number of nitrogens with zero attached hydrogens (tertiary/aromatic N) is 1. The van der Waals surface area contributed by atoms with Gasteiger partial charge in [0.1, 0.15) is 4.99 Å². The fraction of sp³-hybridized carbons (Fsp3) is 0.125. The van der Waals surface area contributed by atoms with E-state index in [1.165, 1.54) is 11.8 Å². The molecule has 0 radical (unpaired) electrons. The Morgan fingerprint density at radius 2 is 1.76 bits per heavy atom. The molecule has 0 bridgehead atoms. The molecule has 0 aliphatic heterocycles. The molecule has 0 spiro atoms. The minimum Gasteiger partial charge on any atom is -0.389 e. The van der Waals surface area contributed by atoms with E-state index >= 15 is 0 Å². The number of hydrogen-bond donors (Lipinski definition) is 1. The lowest BCUT2D eigenvalue weighted by atomic mass is 10.2. The zero-order chi connectivity index (χ0) is 15.2. The van der Waals surface area contributed by atoms with Crippen molar-refractivity contribution >= 4 is 40.6 Å². The maximum absolute atomic E-state index is 12.2. The monoisotopic (exact) mass is 316 g/mol. The Labute approximate surface area is 134 Å². The highest BCUT2D eigenvalue weighted by Gasteiger charge is 2.11. The number of anilines is 1. The zero-order valence-corrected chi connectivity index (χ0v) is 13.3. The summed E-state index contributed by atoms with van der Waals surface area (Å²) >= 11 is 6.44. The van der Waals surface area contributed by atoms with Gasteiger partial charge in [-0.05, 0) is 36.4 Å². The molecule has 0 heterocycles. The lowest BCUT2D eigenvalue weighted by Crippen LogP contribution is -2.27. The third-order valence-corrected chi connectivity index (χ3v) is 4.25. The molecule has 2 aromatic rings. The molecule has 0 saturated carbocycles. The van der Waals surface area contributed by atoms with E-state index in [2.05, 4.69) is 0 Å². The summed E-state index contributed by atoms with van der Waals surface area (Å²) in [6, 6.07) is 17.2. The largest absolute Gasteiger partial charge is 0.389 e. The first-order chi connectivity index (χ1) is 10.1. The average Bonchev–Trinajstić information content (AvgIpc) is 2.53. The van der Waals surface area contributed by atoms with Gasteiger partial charge in [-0.15, -0.1) is 11.8 Å². The first-order valence-corrected chi connectivity index (χ1v) is 7.81. The molecular weight excluding hydrogens is 300 g/mol. The van der Waals surface area contributed by atoms with Crippen LogP contribution in [0.25, 0.3) is 0 Å². The molecule has 0 fully saturated rings. The summed E-state index contributed by atoms with van der Waals surface area (Å²) in [6.45, 7) is 0. The van der Waals surface area contributed by atoms with Crippen molar-refractivity contribution in [2.24, 2.45) is 5.73 Å². The fourth-order valence-corrected chi connectivity index (χ4v) is 2.72. The second-order valence-corrected chi connectivity index (χ2v) is 5.95. The lowest BCUT2D eigenvalue weighted by molar-refractivity contribution is -0.115. The summed E-state index contributed by atoms with van der Waals surface area (Å²) in [7, 11) is 1.77. The van der Waals surface area contributed by atoms with E-state index in [9.17, 15) is 4.79 Å². The quantitative estimate of drug-likeness (QED) is 0.680. The Morgan fingerprint density at radius 1 is 1.14 bits per heavy atom. The molecule has 3 nitrogen and oxygen atoms in total. The second kappa shape index (κ2) is 7.24. The van der Waals surface area contributed by atoms with Crippen LogP contribution >= 0.6 is 24.0 Å². The van der Waals surface area contributed by atoms with Crippen molar-refractivity contribution < 1.29 is 4.79 Å². The Bertz CT molecular complexity index is 626. The maximum atomic E-state index is 12.2. The van der Waals surface area contributed by atoms with E-state index in [4.69, 9.17) is 18.0 Å². The molecule has 1 amide bonds. The van der Waals surface area contributed by atoms with Crippen molar-refractivity contribution in [3.8, 4) is 0 Å². The molecule has 0 aliphatic carbocycles. The number of thiocarbonyl (C=S) groups is 1. The number of benzene rings is 2. The summed E-state index contributed by atoms with van der Waals surface area (Å²) in [5, 5.41) is 0. The van der Waals surface area contributed by atoms with Crippen molar-refractivity contribution in [1.82, 2.24) is 0 Å². The standard InChI is InChI=1S/C16H16N2OS2/c1-18(13-9-7-12(8-10-13)16(17)20)15(19)11-21-14-5-3-2-4-6-14/h2-10H,11H2,1H3,(H2,17,20). The predicted molar refractivity (Wildman–Crippen MR) is 92.9 cm³/mol. The summed E-state index contributed by atoms with van der Waals surface area (Å²) in [5.41, 5.74) is 7.19. The van der Waals surface area contributed by atoms with Crippen LogP contribution in [0.2, 0.25) is 0 Å². The van der Waals surface area contributed by atoms with Crippen LogP contribution in [0.4, 0.5) is 5.69 Å². The molecular formula is C16H16N2OS2. The van der Waals surface area contributed by atoms with Gasteiger partial charge in [-0.3, -0.25) is 4.79 Å². The van der Waals surface area contributed by atoms with E-state index in [-0.39, 0.29) is 5.91 Å². The SMILES string of the molecule is CN(C(=O)CSc1ccccc1)c1ccc(C(N)=S)cc1. The Balaban J connectivity index is 1.97. The van der Waals surface area contributed by atoms with Crippen LogP contribution in [0.3, 0.4) is 0 Å². The van der Waals surface area contributed by atoms with E-state index in [0.717, 1.165) is 16.1 Å². The number of nitrogens with two attached hydrogens (primary N) is 1. The third-order valence-electron chi connectivity index (χ3n) is 3.02. The summed E-state index contributed by atoms with van der Waals surface area (Å²) < 4.78 is 0. The van der Waals surface area contributed by atoms with Crippen LogP contribution in [0.1, 0.15) is 5.56 Å². The van der Waals surface area contributed by atoms with Crippen LogP contribution in [0.15, 0.2) is 59.5 Å². The van der Waals surface area contributed by atoms with Crippen LogP contribution in [0, 0.1) is 0 Å². The Kier molecular flexibility index (Phi) is 5.36. The van der Waals surface area contributed by atoms with Crippen LogP contribution < -0.4 is 10.6 Å². The Morgan fingerprint density at radius 3 is 2.33 bits per heavy atom. The first kappa shape index (κ1) is 15.5. The van der Waals surface area contributed by atoms with Gasteiger partial charge in [-0.1, -0.05) is 30.4 Å². The number of rotatable bonds is 5. The topological polar surface area (TPSA) is 46.3 Å². The smallest absolute Gasteiger partial charge is 0.237 e. The molecule has 0 unspecified atom stereocenters. The van der Waals surface area contributed by atoms with Crippen LogP contribution in [-0.4, -0.2) is 23.7 Å². The van der Waals surface area contributed by atoms with E-state index in [0.29, 0.717) is 10.7 Å². The average molecular weight is 316 g/mol. The molecule has 108 valence electrons. The molecule has 21 heavy (non-hydrogen) atoms. The van der Waals surface area contributed by atoms with Gasteiger partial charge in [-0.2, -0.15) is 0 Å². The molecule has 0 atom stereocenters. The summed E-state index contributed by atoms with van der Waals surface area (Å²) in [6.07, 6.45) is 0. The number of carbonyl (C=O) groups is 1. The van der Waals surface area contributed by atoms with Gasteiger partial charge >= 0.3 is 0 Å². The Hall–Kier alpha value is -1.85. The molecule has 5 heteroatoms. The van der Waals surface area contributed by atoms with Crippen molar-refractivity contribution in [3.63, 3.8) is 0 Å². The van der Waals surface area contributed by atoms with Crippen LogP contribution in [0.5, 0.6) is 0 Å². The van der Waals surface area contributed by atoms with E-state index < -0.39 is 0 Å². The van der Waals surface area contributed by atoms with Gasteiger partial charge in [0, 0.05) is 23.2 Å². The lowest BCUT2D eigenvalue weighted by Gasteiger charge is -2.17. The number of amides is 1. The number of thioether (sulfide) groups is 1. The zero-order valence-electron chi connectivity index (χ0n) is 11.7. The van der Waals surface area contributed by atoms with Crippen molar-refractivity contribution in [1.29, 1.82) is 0 Å². The van der Waals surface area contributed by atoms with Gasteiger partial charge in [0.15, 0.2) is 0 Å². The van der Waals surface area contributed by atoms with Gasteiger partial charge in [0.25, 0.3) is 0 Å². The summed E-state index contributed by atoms with van der Waals surface area (Å²) in [4.78, 5) is 15.3. The maximum Gasteiger partial charge on any atom is 0.237 e. The number of carbonyl (C=O) groups excluding carboxylic acids is 1. The summed E-state index contributed by atoms with van der Waals surface area (Å²) in [5.74, 6) is 0.448. The third kappa shape index (κ3) is 4.31. The van der Waals surface area contributed by atoms with Gasteiger partial charge < -0.3 is 10.6 Å². The minimum atomic E-state index is 0.0481.